The van der Waals surface area contributed by atoms with Crippen molar-refractivity contribution in [2.24, 2.45) is 7.05 Å². The fraction of sp³-hybridized carbons (Fsp3) is 0.545. The number of rotatable bonds is 2. The normalized spacial score (nSPS) is 18.7. The predicted octanol–water partition coefficient (Wildman–Crippen LogP) is 0.622. The van der Waals surface area contributed by atoms with Crippen molar-refractivity contribution in [3.8, 4) is 0 Å². The van der Waals surface area contributed by atoms with E-state index in [0.717, 1.165) is 0 Å². The average molecular weight is 208 g/mol. The number of carbonyl (C=O) groups excluding carboxylic acids is 1. The maximum Gasteiger partial charge on any atom is 0.270 e. The smallest absolute Gasteiger partial charge is 0.270 e. The molecule has 1 aromatic heterocycles. The monoisotopic (exact) mass is 208 g/mol. The molecule has 4 nitrogen and oxygen atoms in total. The highest BCUT2D eigenvalue weighted by molar-refractivity contribution is 5.93. The van der Waals surface area contributed by atoms with E-state index in [4.69, 9.17) is 0 Å². The van der Waals surface area contributed by atoms with Crippen molar-refractivity contribution in [3.63, 3.8) is 0 Å². The van der Waals surface area contributed by atoms with Gasteiger partial charge in [-0.1, -0.05) is 6.92 Å². The SMILES string of the molecule is CCC1(O)CN(C(=O)c2cccn2C)C1. The lowest BCUT2D eigenvalue weighted by Crippen LogP contribution is -2.63. The molecule has 0 spiro atoms. The Morgan fingerprint density at radius 3 is 2.73 bits per heavy atom. The van der Waals surface area contributed by atoms with Crippen LogP contribution in [0.25, 0.3) is 0 Å². The summed E-state index contributed by atoms with van der Waals surface area (Å²) < 4.78 is 1.80. The summed E-state index contributed by atoms with van der Waals surface area (Å²) in [5.41, 5.74) is 0.0223. The molecule has 1 aliphatic heterocycles. The Kier molecular flexibility index (Phi) is 2.31. The Morgan fingerprint density at radius 1 is 1.60 bits per heavy atom. The third-order valence-corrected chi connectivity index (χ3v) is 3.08. The molecule has 0 aliphatic carbocycles. The van der Waals surface area contributed by atoms with Gasteiger partial charge >= 0.3 is 0 Å². The number of aliphatic hydroxyl groups is 1. The van der Waals surface area contributed by atoms with E-state index in [9.17, 15) is 9.90 Å². The van der Waals surface area contributed by atoms with Crippen LogP contribution >= 0.6 is 0 Å². The second-order valence-corrected chi connectivity index (χ2v) is 4.24. The fourth-order valence-electron chi connectivity index (χ4n) is 1.88. The number of β-amino-alcohol motifs (C(OH)–C–C–N with tert-alkyl or cyclic N) is 1. The highest BCUT2D eigenvalue weighted by atomic mass is 16.3. The first kappa shape index (κ1) is 10.2. The van der Waals surface area contributed by atoms with Crippen molar-refractivity contribution in [2.75, 3.05) is 13.1 Å². The summed E-state index contributed by atoms with van der Waals surface area (Å²) in [5.74, 6) is 0.000579. The lowest BCUT2D eigenvalue weighted by Gasteiger charge is -2.46. The predicted molar refractivity (Wildman–Crippen MR) is 56.6 cm³/mol. The van der Waals surface area contributed by atoms with Gasteiger partial charge in [0.25, 0.3) is 5.91 Å². The quantitative estimate of drug-likeness (QED) is 0.774. The average Bonchev–Trinajstić information content (AvgIpc) is 2.58. The minimum Gasteiger partial charge on any atom is -0.386 e. The first-order chi connectivity index (χ1) is 7.06. The first-order valence-electron chi connectivity index (χ1n) is 5.19. The van der Waals surface area contributed by atoms with Gasteiger partial charge in [-0.05, 0) is 18.6 Å². The summed E-state index contributed by atoms with van der Waals surface area (Å²) >= 11 is 0. The molecule has 0 bridgehead atoms. The maximum absolute atomic E-state index is 11.9. The molecule has 1 N–H and O–H groups in total. The van der Waals surface area contributed by atoms with E-state index in [1.54, 1.807) is 15.5 Å². The number of hydrogen-bond acceptors (Lipinski definition) is 2. The minimum atomic E-state index is -0.652. The Balaban J connectivity index is 2.04. The van der Waals surface area contributed by atoms with Crippen molar-refractivity contribution < 1.29 is 9.90 Å². The van der Waals surface area contributed by atoms with Gasteiger partial charge in [0.05, 0.1) is 18.7 Å². The number of aromatic nitrogens is 1. The lowest BCUT2D eigenvalue weighted by molar-refractivity contribution is -0.0829. The van der Waals surface area contributed by atoms with Crippen molar-refractivity contribution in [1.82, 2.24) is 9.47 Å². The number of aryl methyl sites for hydroxylation is 1. The van der Waals surface area contributed by atoms with Gasteiger partial charge in [0.2, 0.25) is 0 Å². The molecule has 1 aliphatic rings. The fourth-order valence-corrected chi connectivity index (χ4v) is 1.88. The van der Waals surface area contributed by atoms with Gasteiger partial charge in [0.1, 0.15) is 5.69 Å². The molecule has 0 saturated carbocycles. The van der Waals surface area contributed by atoms with E-state index in [1.807, 2.05) is 26.2 Å². The van der Waals surface area contributed by atoms with Crippen LogP contribution < -0.4 is 0 Å². The molecule has 0 aromatic carbocycles. The number of likely N-dealkylation sites (tertiary alicyclic amines) is 1. The van der Waals surface area contributed by atoms with Gasteiger partial charge in [-0.2, -0.15) is 0 Å². The van der Waals surface area contributed by atoms with Crippen LogP contribution in [0.1, 0.15) is 23.8 Å². The highest BCUT2D eigenvalue weighted by Gasteiger charge is 2.42. The molecule has 0 unspecified atom stereocenters. The topological polar surface area (TPSA) is 45.5 Å². The third-order valence-electron chi connectivity index (χ3n) is 3.08. The number of amides is 1. The molecule has 1 fully saturated rings. The van der Waals surface area contributed by atoms with Gasteiger partial charge in [0, 0.05) is 13.2 Å². The molecule has 2 heterocycles. The summed E-state index contributed by atoms with van der Waals surface area (Å²) in [6.45, 7) is 2.84. The first-order valence-corrected chi connectivity index (χ1v) is 5.19. The van der Waals surface area contributed by atoms with Gasteiger partial charge in [-0.15, -0.1) is 0 Å². The Hall–Kier alpha value is -1.29. The molecule has 1 amide bonds. The number of hydrogen-bond donors (Lipinski definition) is 1. The van der Waals surface area contributed by atoms with Gasteiger partial charge in [0.15, 0.2) is 0 Å². The molecular weight excluding hydrogens is 192 g/mol. The summed E-state index contributed by atoms with van der Waals surface area (Å²) in [5, 5.41) is 9.80. The minimum absolute atomic E-state index is 0.000579. The van der Waals surface area contributed by atoms with Gasteiger partial charge in [-0.3, -0.25) is 4.79 Å². The summed E-state index contributed by atoms with van der Waals surface area (Å²) in [6, 6.07) is 3.64. The molecule has 2 rings (SSSR count). The molecule has 0 radical (unpaired) electrons. The van der Waals surface area contributed by atoms with Crippen LogP contribution in [0.3, 0.4) is 0 Å². The molecule has 0 atom stereocenters. The van der Waals surface area contributed by atoms with Crippen molar-refractivity contribution in [3.05, 3.63) is 24.0 Å². The van der Waals surface area contributed by atoms with E-state index in [-0.39, 0.29) is 5.91 Å². The van der Waals surface area contributed by atoms with Crippen LogP contribution in [-0.4, -0.2) is 39.2 Å². The second kappa shape index (κ2) is 3.38. The van der Waals surface area contributed by atoms with Crippen molar-refractivity contribution >= 4 is 5.91 Å². The van der Waals surface area contributed by atoms with Crippen LogP contribution in [0, 0.1) is 0 Å². The molecular formula is C11H16N2O2. The van der Waals surface area contributed by atoms with Crippen LogP contribution in [0.15, 0.2) is 18.3 Å². The van der Waals surface area contributed by atoms with E-state index >= 15 is 0 Å². The van der Waals surface area contributed by atoms with E-state index in [0.29, 0.717) is 25.2 Å². The zero-order valence-corrected chi connectivity index (χ0v) is 9.10. The number of nitrogens with zero attached hydrogens (tertiary/aromatic N) is 2. The molecule has 1 saturated heterocycles. The van der Waals surface area contributed by atoms with Crippen molar-refractivity contribution in [2.45, 2.75) is 18.9 Å². The van der Waals surface area contributed by atoms with E-state index < -0.39 is 5.60 Å². The summed E-state index contributed by atoms with van der Waals surface area (Å²) in [7, 11) is 1.85. The lowest BCUT2D eigenvalue weighted by atomic mass is 9.91. The molecule has 82 valence electrons. The molecule has 15 heavy (non-hydrogen) atoms. The second-order valence-electron chi connectivity index (χ2n) is 4.24. The maximum atomic E-state index is 11.9. The highest BCUT2D eigenvalue weighted by Crippen LogP contribution is 2.25. The van der Waals surface area contributed by atoms with Crippen LogP contribution in [0.4, 0.5) is 0 Å². The van der Waals surface area contributed by atoms with E-state index in [2.05, 4.69) is 0 Å². The Labute approximate surface area is 89.1 Å². The van der Waals surface area contributed by atoms with E-state index in [1.165, 1.54) is 0 Å². The Morgan fingerprint density at radius 2 is 2.27 bits per heavy atom. The van der Waals surface area contributed by atoms with Gasteiger partial charge in [-0.25, -0.2) is 0 Å². The third kappa shape index (κ3) is 1.65. The Bertz CT molecular complexity index is 378. The summed E-state index contributed by atoms with van der Waals surface area (Å²) in [4.78, 5) is 13.6. The zero-order valence-electron chi connectivity index (χ0n) is 9.10. The standard InChI is InChI=1S/C11H16N2O2/c1-3-11(15)7-13(8-11)10(14)9-5-4-6-12(9)2/h4-6,15H,3,7-8H2,1-2H3. The van der Waals surface area contributed by atoms with Crippen LogP contribution in [-0.2, 0) is 7.05 Å². The summed E-state index contributed by atoms with van der Waals surface area (Å²) in [6.07, 6.45) is 2.54. The van der Waals surface area contributed by atoms with Crippen LogP contribution in [0.2, 0.25) is 0 Å². The molecule has 1 aromatic rings. The largest absolute Gasteiger partial charge is 0.386 e. The zero-order chi connectivity index (χ0) is 11.1. The van der Waals surface area contributed by atoms with Crippen LogP contribution in [0.5, 0.6) is 0 Å². The number of carbonyl (C=O) groups is 1. The molecule has 4 heteroatoms. The van der Waals surface area contributed by atoms with Crippen molar-refractivity contribution in [1.29, 1.82) is 0 Å². The van der Waals surface area contributed by atoms with Gasteiger partial charge < -0.3 is 14.6 Å².